The second kappa shape index (κ2) is 2.01. The van der Waals surface area contributed by atoms with Crippen molar-refractivity contribution in [3.63, 3.8) is 0 Å². The summed E-state index contributed by atoms with van der Waals surface area (Å²) in [6.45, 7) is 2.12. The van der Waals surface area contributed by atoms with Crippen molar-refractivity contribution in [2.24, 2.45) is 11.1 Å². The summed E-state index contributed by atoms with van der Waals surface area (Å²) >= 11 is 0. The molecule has 0 aromatic carbocycles. The highest BCUT2D eigenvalue weighted by atomic mass is 16.1. The van der Waals surface area contributed by atoms with E-state index in [0.717, 1.165) is 6.42 Å². The van der Waals surface area contributed by atoms with Gasteiger partial charge in [0.25, 0.3) is 0 Å². The molecule has 0 radical (unpaired) electrons. The molecule has 2 N–H and O–H groups in total. The largest absolute Gasteiger partial charge is 0.370 e. The Morgan fingerprint density at radius 1 is 1.67 bits per heavy atom. The molecule has 0 aliphatic heterocycles. The maximum Gasteiger partial charge on any atom is 0.217 e. The molecule has 1 aliphatic rings. The zero-order valence-electron chi connectivity index (χ0n) is 5.81. The molecule has 0 spiro atoms. The van der Waals surface area contributed by atoms with Crippen molar-refractivity contribution in [1.82, 2.24) is 0 Å². The molecule has 0 saturated heterocycles. The third-order valence-corrected chi connectivity index (χ3v) is 2.26. The molecular weight excluding hydrogens is 114 g/mol. The predicted octanol–water partition coefficient (Wildman–Crippen LogP) is 1.05. The Bertz CT molecular complexity index is 127. The molecular formula is C7H13NO. The smallest absolute Gasteiger partial charge is 0.217 e. The summed E-state index contributed by atoms with van der Waals surface area (Å²) in [5, 5.41) is 0. The second-order valence-electron chi connectivity index (χ2n) is 3.00. The number of carbonyl (C=O) groups is 1. The van der Waals surface area contributed by atoms with Crippen LogP contribution in [0.4, 0.5) is 0 Å². The number of hydrogen-bond donors (Lipinski definition) is 1. The van der Waals surface area contributed by atoms with E-state index in [1.54, 1.807) is 0 Å². The van der Waals surface area contributed by atoms with E-state index in [1.165, 1.54) is 12.8 Å². The zero-order chi connectivity index (χ0) is 6.91. The highest BCUT2D eigenvalue weighted by Crippen LogP contribution is 2.51. The van der Waals surface area contributed by atoms with Gasteiger partial charge >= 0.3 is 0 Å². The first-order valence-electron chi connectivity index (χ1n) is 3.47. The van der Waals surface area contributed by atoms with Crippen LogP contribution in [0.3, 0.4) is 0 Å². The zero-order valence-corrected chi connectivity index (χ0v) is 5.81. The Hall–Kier alpha value is -0.530. The van der Waals surface area contributed by atoms with Gasteiger partial charge in [0.2, 0.25) is 5.91 Å². The molecule has 0 bridgehead atoms. The summed E-state index contributed by atoms with van der Waals surface area (Å²) < 4.78 is 0. The Labute approximate surface area is 55.4 Å². The quantitative estimate of drug-likeness (QED) is 0.605. The molecule has 0 aromatic rings. The fourth-order valence-corrected chi connectivity index (χ4v) is 1.20. The van der Waals surface area contributed by atoms with Crippen molar-refractivity contribution in [3.05, 3.63) is 0 Å². The van der Waals surface area contributed by atoms with Gasteiger partial charge in [0, 0.05) is 6.42 Å². The molecule has 52 valence electrons. The summed E-state index contributed by atoms with van der Waals surface area (Å²) in [7, 11) is 0. The maximum absolute atomic E-state index is 10.4. The summed E-state index contributed by atoms with van der Waals surface area (Å²) in [4.78, 5) is 10.4. The van der Waals surface area contributed by atoms with Crippen molar-refractivity contribution >= 4 is 5.91 Å². The van der Waals surface area contributed by atoms with Crippen LogP contribution in [0.25, 0.3) is 0 Å². The summed E-state index contributed by atoms with van der Waals surface area (Å²) in [5.41, 5.74) is 5.39. The molecule has 1 amide bonds. The minimum absolute atomic E-state index is 0.144. The summed E-state index contributed by atoms with van der Waals surface area (Å²) in [5.74, 6) is -0.144. The average molecular weight is 127 g/mol. The first-order valence-corrected chi connectivity index (χ1v) is 3.47. The van der Waals surface area contributed by atoms with Crippen LogP contribution >= 0.6 is 0 Å². The standard InChI is InChI=1S/C7H13NO/c1-2-7(3-4-7)5-6(8)9/h2-5H2,1H3,(H2,8,9). The number of nitrogens with two attached hydrogens (primary N) is 1. The van der Waals surface area contributed by atoms with Crippen molar-refractivity contribution in [1.29, 1.82) is 0 Å². The molecule has 1 fully saturated rings. The maximum atomic E-state index is 10.4. The number of rotatable bonds is 3. The molecule has 0 heterocycles. The van der Waals surface area contributed by atoms with Crippen LogP contribution in [0.15, 0.2) is 0 Å². The normalized spacial score (nSPS) is 21.4. The van der Waals surface area contributed by atoms with Crippen molar-refractivity contribution < 1.29 is 4.79 Å². The van der Waals surface area contributed by atoms with Crippen molar-refractivity contribution in [2.45, 2.75) is 32.6 Å². The molecule has 0 unspecified atom stereocenters. The molecule has 9 heavy (non-hydrogen) atoms. The van der Waals surface area contributed by atoms with E-state index in [9.17, 15) is 4.79 Å². The fourth-order valence-electron chi connectivity index (χ4n) is 1.20. The van der Waals surface area contributed by atoms with Gasteiger partial charge in [0.1, 0.15) is 0 Å². The third-order valence-electron chi connectivity index (χ3n) is 2.26. The first kappa shape index (κ1) is 6.59. The molecule has 1 aliphatic carbocycles. The molecule has 1 rings (SSSR count). The molecule has 2 heteroatoms. The minimum atomic E-state index is -0.144. The van der Waals surface area contributed by atoms with Gasteiger partial charge in [-0.05, 0) is 24.7 Å². The minimum Gasteiger partial charge on any atom is -0.370 e. The molecule has 2 nitrogen and oxygen atoms in total. The summed E-state index contributed by atoms with van der Waals surface area (Å²) in [6.07, 6.45) is 4.11. The van der Waals surface area contributed by atoms with Crippen molar-refractivity contribution in [3.8, 4) is 0 Å². The van der Waals surface area contributed by atoms with E-state index in [0.29, 0.717) is 11.8 Å². The van der Waals surface area contributed by atoms with Crippen LogP contribution in [-0.4, -0.2) is 5.91 Å². The van der Waals surface area contributed by atoms with Gasteiger partial charge in [-0.25, -0.2) is 0 Å². The highest BCUT2D eigenvalue weighted by Gasteiger charge is 2.41. The number of primary amides is 1. The Morgan fingerprint density at radius 2 is 2.22 bits per heavy atom. The van der Waals surface area contributed by atoms with Crippen LogP contribution in [-0.2, 0) is 4.79 Å². The van der Waals surface area contributed by atoms with Crippen LogP contribution < -0.4 is 5.73 Å². The topological polar surface area (TPSA) is 43.1 Å². The average Bonchev–Trinajstić information content (AvgIpc) is 2.48. The molecule has 1 saturated carbocycles. The number of carbonyl (C=O) groups excluding carboxylic acids is 1. The van der Waals surface area contributed by atoms with Crippen LogP contribution in [0.5, 0.6) is 0 Å². The summed E-state index contributed by atoms with van der Waals surface area (Å²) in [6, 6.07) is 0. The van der Waals surface area contributed by atoms with Gasteiger partial charge in [-0.1, -0.05) is 6.92 Å². The van der Waals surface area contributed by atoms with E-state index in [-0.39, 0.29) is 5.91 Å². The van der Waals surface area contributed by atoms with E-state index in [4.69, 9.17) is 5.73 Å². The van der Waals surface area contributed by atoms with E-state index in [1.807, 2.05) is 0 Å². The number of amides is 1. The van der Waals surface area contributed by atoms with Crippen molar-refractivity contribution in [2.75, 3.05) is 0 Å². The van der Waals surface area contributed by atoms with Gasteiger partial charge in [-0.3, -0.25) is 4.79 Å². The Morgan fingerprint density at radius 3 is 2.33 bits per heavy atom. The van der Waals surface area contributed by atoms with Gasteiger partial charge in [0.15, 0.2) is 0 Å². The Kier molecular flexibility index (Phi) is 1.47. The van der Waals surface area contributed by atoms with Crippen LogP contribution in [0, 0.1) is 5.41 Å². The lowest BCUT2D eigenvalue weighted by Crippen LogP contribution is -2.16. The second-order valence-corrected chi connectivity index (χ2v) is 3.00. The fraction of sp³-hybridized carbons (Fsp3) is 0.857. The SMILES string of the molecule is CCC1(CC(N)=O)CC1. The van der Waals surface area contributed by atoms with Gasteiger partial charge in [0.05, 0.1) is 0 Å². The van der Waals surface area contributed by atoms with Crippen LogP contribution in [0.2, 0.25) is 0 Å². The van der Waals surface area contributed by atoms with Gasteiger partial charge < -0.3 is 5.73 Å². The van der Waals surface area contributed by atoms with Gasteiger partial charge in [-0.2, -0.15) is 0 Å². The van der Waals surface area contributed by atoms with Crippen LogP contribution in [0.1, 0.15) is 32.6 Å². The van der Waals surface area contributed by atoms with E-state index < -0.39 is 0 Å². The molecule has 0 atom stereocenters. The Balaban J connectivity index is 2.33. The lowest BCUT2D eigenvalue weighted by Gasteiger charge is -2.06. The monoisotopic (exact) mass is 127 g/mol. The molecule has 0 aromatic heterocycles. The van der Waals surface area contributed by atoms with E-state index >= 15 is 0 Å². The number of hydrogen-bond acceptors (Lipinski definition) is 1. The lowest BCUT2D eigenvalue weighted by atomic mass is 9.99. The first-order chi connectivity index (χ1) is 4.18. The van der Waals surface area contributed by atoms with Gasteiger partial charge in [-0.15, -0.1) is 0 Å². The highest BCUT2D eigenvalue weighted by molar-refractivity contribution is 5.75. The third kappa shape index (κ3) is 1.44. The van der Waals surface area contributed by atoms with E-state index in [2.05, 4.69) is 6.92 Å². The lowest BCUT2D eigenvalue weighted by molar-refractivity contribution is -0.119. The predicted molar refractivity (Wildman–Crippen MR) is 35.8 cm³/mol.